The Hall–Kier alpha value is -2.92. The van der Waals surface area contributed by atoms with Gasteiger partial charge < -0.3 is 30.3 Å². The standard InChI is InChI=1S/C25H32N2O8/c1-3-20-24(33)23(32)16(25(34)35-20)10-19(29)17(9-15-7-5-4-6-8-15)26-21(30)13-27-12-14(2)18(28)11-22(27)31/h4-8,12,16-17,20,23-25,32-34H,3,9-11,13H2,1-2H3,(H,26,30)/t16?,17-,20+,23+,24+,25+/m0/s1. The van der Waals surface area contributed by atoms with Gasteiger partial charge in [-0.25, -0.2) is 0 Å². The molecule has 1 unspecified atom stereocenters. The molecule has 0 saturated carbocycles. The van der Waals surface area contributed by atoms with Crippen LogP contribution in [-0.4, -0.2) is 80.8 Å². The highest BCUT2D eigenvalue weighted by Crippen LogP contribution is 2.29. The van der Waals surface area contributed by atoms with E-state index >= 15 is 0 Å². The molecule has 2 aliphatic heterocycles. The summed E-state index contributed by atoms with van der Waals surface area (Å²) in [6, 6.07) is 7.97. The number of amides is 2. The zero-order chi connectivity index (χ0) is 25.7. The van der Waals surface area contributed by atoms with Crippen molar-refractivity contribution in [2.45, 2.75) is 70.2 Å². The molecule has 4 N–H and O–H groups in total. The van der Waals surface area contributed by atoms with E-state index in [4.69, 9.17) is 4.74 Å². The van der Waals surface area contributed by atoms with E-state index in [1.807, 2.05) is 6.07 Å². The number of nitrogens with zero attached hydrogens (tertiary/aromatic N) is 1. The van der Waals surface area contributed by atoms with Gasteiger partial charge in [-0.15, -0.1) is 0 Å². The first kappa shape index (κ1) is 26.7. The average Bonchev–Trinajstić information content (AvgIpc) is 2.82. The number of nitrogens with one attached hydrogen (secondary N) is 1. The van der Waals surface area contributed by atoms with Crippen molar-refractivity contribution in [3.63, 3.8) is 0 Å². The van der Waals surface area contributed by atoms with E-state index in [1.54, 1.807) is 38.1 Å². The molecular formula is C25H32N2O8. The van der Waals surface area contributed by atoms with Crippen LogP contribution in [-0.2, 0) is 30.3 Å². The Morgan fingerprint density at radius 2 is 1.83 bits per heavy atom. The molecule has 190 valence electrons. The van der Waals surface area contributed by atoms with E-state index in [-0.39, 0.29) is 31.6 Å². The number of Topliss-reactive ketones (excluding diaryl/α,β-unsaturated/α-hetero) is 2. The molecule has 1 aromatic carbocycles. The van der Waals surface area contributed by atoms with Gasteiger partial charge in [0.05, 0.1) is 24.7 Å². The highest BCUT2D eigenvalue weighted by molar-refractivity contribution is 6.10. The smallest absolute Gasteiger partial charge is 0.240 e. The van der Waals surface area contributed by atoms with Gasteiger partial charge in [-0.05, 0) is 25.3 Å². The van der Waals surface area contributed by atoms with E-state index in [0.29, 0.717) is 12.0 Å². The van der Waals surface area contributed by atoms with Gasteiger partial charge in [0.15, 0.2) is 17.9 Å². The largest absolute Gasteiger partial charge is 0.390 e. The summed E-state index contributed by atoms with van der Waals surface area (Å²) in [5, 5.41) is 33.8. The third-order valence-electron chi connectivity index (χ3n) is 6.43. The molecule has 1 aromatic rings. The first-order valence-electron chi connectivity index (χ1n) is 11.7. The molecule has 10 heteroatoms. The first-order valence-corrected chi connectivity index (χ1v) is 11.7. The number of hydrogen-bond donors (Lipinski definition) is 4. The van der Waals surface area contributed by atoms with E-state index in [2.05, 4.69) is 5.32 Å². The fourth-order valence-corrected chi connectivity index (χ4v) is 4.32. The summed E-state index contributed by atoms with van der Waals surface area (Å²) in [6.07, 6.45) is -3.67. The van der Waals surface area contributed by atoms with Gasteiger partial charge in [0.25, 0.3) is 0 Å². The van der Waals surface area contributed by atoms with Crippen LogP contribution < -0.4 is 5.32 Å². The number of ketones is 2. The molecule has 0 spiro atoms. The fourth-order valence-electron chi connectivity index (χ4n) is 4.32. The molecule has 2 heterocycles. The molecular weight excluding hydrogens is 456 g/mol. The maximum atomic E-state index is 13.2. The van der Waals surface area contributed by atoms with Gasteiger partial charge in [-0.3, -0.25) is 19.2 Å². The second kappa shape index (κ2) is 11.7. The maximum absolute atomic E-state index is 13.2. The molecule has 0 radical (unpaired) electrons. The monoisotopic (exact) mass is 488 g/mol. The highest BCUT2D eigenvalue weighted by atomic mass is 16.6. The number of ether oxygens (including phenoxy) is 1. The first-order chi connectivity index (χ1) is 16.6. The molecule has 0 bridgehead atoms. The zero-order valence-corrected chi connectivity index (χ0v) is 19.8. The van der Waals surface area contributed by atoms with Crippen LogP contribution in [0.3, 0.4) is 0 Å². The highest BCUT2D eigenvalue weighted by Gasteiger charge is 2.44. The van der Waals surface area contributed by atoms with Crippen LogP contribution in [0.25, 0.3) is 0 Å². The number of carbonyl (C=O) groups is 4. The molecule has 1 fully saturated rings. The van der Waals surface area contributed by atoms with Crippen LogP contribution in [0.4, 0.5) is 0 Å². The second-order valence-corrected chi connectivity index (χ2v) is 9.03. The van der Waals surface area contributed by atoms with Crippen LogP contribution in [0.1, 0.15) is 38.7 Å². The molecule has 2 amide bonds. The number of aliphatic hydroxyl groups is 3. The van der Waals surface area contributed by atoms with Crippen molar-refractivity contribution < 1.29 is 39.2 Å². The van der Waals surface area contributed by atoms with Crippen LogP contribution >= 0.6 is 0 Å². The van der Waals surface area contributed by atoms with Crippen molar-refractivity contribution in [2.75, 3.05) is 6.54 Å². The second-order valence-electron chi connectivity index (χ2n) is 9.03. The summed E-state index contributed by atoms with van der Waals surface area (Å²) in [6.45, 7) is 2.93. The molecule has 35 heavy (non-hydrogen) atoms. The Balaban J connectivity index is 1.73. The summed E-state index contributed by atoms with van der Waals surface area (Å²) in [7, 11) is 0. The van der Waals surface area contributed by atoms with Crippen molar-refractivity contribution in [3.8, 4) is 0 Å². The van der Waals surface area contributed by atoms with Crippen molar-refractivity contribution in [2.24, 2.45) is 5.92 Å². The normalized spacial score (nSPS) is 27.9. The lowest BCUT2D eigenvalue weighted by molar-refractivity contribution is -0.264. The van der Waals surface area contributed by atoms with Gasteiger partial charge >= 0.3 is 0 Å². The minimum absolute atomic E-state index is 0.145. The molecule has 10 nitrogen and oxygen atoms in total. The third kappa shape index (κ3) is 6.61. The average molecular weight is 489 g/mol. The topological polar surface area (TPSA) is 153 Å². The molecule has 3 rings (SSSR count). The minimum atomic E-state index is -1.45. The third-order valence-corrected chi connectivity index (χ3v) is 6.43. The zero-order valence-electron chi connectivity index (χ0n) is 19.8. The lowest BCUT2D eigenvalue weighted by Gasteiger charge is -2.40. The molecule has 0 aliphatic carbocycles. The summed E-state index contributed by atoms with van der Waals surface area (Å²) in [5.41, 5.74) is 1.13. The number of allylic oxidation sites excluding steroid dienone is 1. The van der Waals surface area contributed by atoms with Crippen molar-refractivity contribution in [1.82, 2.24) is 10.2 Å². The number of hydrogen-bond acceptors (Lipinski definition) is 8. The predicted molar refractivity (Wildman–Crippen MR) is 123 cm³/mol. The number of carbonyl (C=O) groups excluding carboxylic acids is 4. The SMILES string of the molecule is CC[C@H]1O[C@@H](O)C(CC(=O)[C@H](Cc2ccccc2)NC(=O)CN2C=C(C)C(=O)CC2=O)[C@@H](O)[C@@H]1O. The van der Waals surface area contributed by atoms with E-state index in [1.165, 1.54) is 6.20 Å². The Morgan fingerprint density at radius 3 is 2.49 bits per heavy atom. The van der Waals surface area contributed by atoms with Crippen LogP contribution in [0.15, 0.2) is 42.1 Å². The van der Waals surface area contributed by atoms with E-state index < -0.39 is 54.2 Å². The Bertz CT molecular complexity index is 979. The van der Waals surface area contributed by atoms with E-state index in [9.17, 15) is 34.5 Å². The minimum Gasteiger partial charge on any atom is -0.390 e. The lowest BCUT2D eigenvalue weighted by Crippen LogP contribution is -2.56. The van der Waals surface area contributed by atoms with Gasteiger partial charge in [-0.1, -0.05) is 37.3 Å². The fraction of sp³-hybridized carbons (Fsp3) is 0.520. The van der Waals surface area contributed by atoms with Crippen LogP contribution in [0, 0.1) is 5.92 Å². The molecule has 6 atom stereocenters. The maximum Gasteiger partial charge on any atom is 0.240 e. The van der Waals surface area contributed by atoms with Gasteiger partial charge in [0.1, 0.15) is 12.6 Å². The number of rotatable bonds is 9. The van der Waals surface area contributed by atoms with Crippen LogP contribution in [0.5, 0.6) is 0 Å². The summed E-state index contributed by atoms with van der Waals surface area (Å²) >= 11 is 0. The number of aliphatic hydroxyl groups excluding tert-OH is 3. The van der Waals surface area contributed by atoms with Gasteiger partial charge in [0.2, 0.25) is 11.8 Å². The Labute approximate surface area is 203 Å². The van der Waals surface area contributed by atoms with Crippen molar-refractivity contribution >= 4 is 23.4 Å². The van der Waals surface area contributed by atoms with Gasteiger partial charge in [-0.2, -0.15) is 0 Å². The van der Waals surface area contributed by atoms with E-state index in [0.717, 1.165) is 10.5 Å². The van der Waals surface area contributed by atoms with Crippen molar-refractivity contribution in [3.05, 3.63) is 47.7 Å². The van der Waals surface area contributed by atoms with Crippen LogP contribution in [0.2, 0.25) is 0 Å². The molecule has 0 aromatic heterocycles. The van der Waals surface area contributed by atoms with Crippen molar-refractivity contribution in [1.29, 1.82) is 0 Å². The quantitative estimate of drug-likeness (QED) is 0.350. The predicted octanol–water partition coefficient (Wildman–Crippen LogP) is -0.156. The molecule has 1 saturated heterocycles. The number of benzene rings is 1. The lowest BCUT2D eigenvalue weighted by atomic mass is 9.84. The Kier molecular flexibility index (Phi) is 8.90. The Morgan fingerprint density at radius 1 is 1.14 bits per heavy atom. The molecule has 2 aliphatic rings. The summed E-state index contributed by atoms with van der Waals surface area (Å²) in [5.74, 6) is -2.95. The summed E-state index contributed by atoms with van der Waals surface area (Å²) < 4.78 is 5.37. The van der Waals surface area contributed by atoms with Gasteiger partial charge in [0, 0.05) is 24.1 Å². The summed E-state index contributed by atoms with van der Waals surface area (Å²) in [4.78, 5) is 51.0.